The summed E-state index contributed by atoms with van der Waals surface area (Å²) in [5.41, 5.74) is 8.39. The second-order valence-corrected chi connectivity index (χ2v) is 8.18. The van der Waals surface area contributed by atoms with Crippen LogP contribution in [0.15, 0.2) is 24.4 Å². The number of nitrogen functional groups attached to an aromatic ring is 1. The van der Waals surface area contributed by atoms with Gasteiger partial charge in [-0.1, -0.05) is 12.1 Å². The maximum atomic E-state index is 13.2. The highest BCUT2D eigenvalue weighted by Gasteiger charge is 2.44. The van der Waals surface area contributed by atoms with Crippen molar-refractivity contribution in [2.24, 2.45) is 5.92 Å². The summed E-state index contributed by atoms with van der Waals surface area (Å²) >= 11 is 0. The summed E-state index contributed by atoms with van der Waals surface area (Å²) in [5, 5.41) is 0. The molecule has 2 N–H and O–H groups in total. The molecule has 3 aliphatic rings. The molecule has 5 rings (SSSR count). The highest BCUT2D eigenvalue weighted by Crippen LogP contribution is 2.41. The number of piperidine rings is 1. The first-order chi connectivity index (χ1) is 14.6. The van der Waals surface area contributed by atoms with Gasteiger partial charge in [0.25, 0.3) is 0 Å². The number of likely N-dealkylation sites (tertiary alicyclic amines) is 1. The van der Waals surface area contributed by atoms with Crippen LogP contribution in [0.4, 0.5) is 5.95 Å². The number of aromatic nitrogens is 2. The van der Waals surface area contributed by atoms with Crippen LogP contribution >= 0.6 is 0 Å². The summed E-state index contributed by atoms with van der Waals surface area (Å²) in [7, 11) is 1.63. The number of carbonyl (C=O) groups is 1. The molecular formula is C22H26N4O4. The molecule has 0 aliphatic carbocycles. The van der Waals surface area contributed by atoms with Gasteiger partial charge in [0.2, 0.25) is 11.9 Å². The first-order valence-corrected chi connectivity index (χ1v) is 10.4. The van der Waals surface area contributed by atoms with E-state index in [0.29, 0.717) is 51.3 Å². The lowest BCUT2D eigenvalue weighted by molar-refractivity contribution is -0.146. The standard InChI is InChI=1S/C22H26N4O4/c1-28-17-4-2-3-14-11-16(13-29-18(14)17)20(27)26-8-6-22(7-9-26)19-15(5-10-30-22)12-24-21(23)25-19/h2-4,12,16H,5-11,13H2,1H3,(H2,23,24,25). The second kappa shape index (κ2) is 7.43. The third kappa shape index (κ3) is 3.15. The zero-order valence-corrected chi connectivity index (χ0v) is 17.1. The average Bonchev–Trinajstić information content (AvgIpc) is 2.79. The first kappa shape index (κ1) is 19.1. The van der Waals surface area contributed by atoms with E-state index in [1.807, 2.05) is 29.3 Å². The van der Waals surface area contributed by atoms with E-state index in [1.165, 1.54) is 0 Å². The first-order valence-electron chi connectivity index (χ1n) is 10.4. The smallest absolute Gasteiger partial charge is 0.229 e. The monoisotopic (exact) mass is 410 g/mol. The van der Waals surface area contributed by atoms with Gasteiger partial charge >= 0.3 is 0 Å². The largest absolute Gasteiger partial charge is 0.493 e. The molecule has 4 heterocycles. The molecular weight excluding hydrogens is 384 g/mol. The topological polar surface area (TPSA) is 99.8 Å². The molecule has 1 spiro atoms. The highest BCUT2D eigenvalue weighted by atomic mass is 16.5. The van der Waals surface area contributed by atoms with Crippen molar-refractivity contribution in [2.45, 2.75) is 31.3 Å². The molecule has 30 heavy (non-hydrogen) atoms. The van der Waals surface area contributed by atoms with E-state index in [2.05, 4.69) is 9.97 Å². The number of nitrogens with zero attached hydrogens (tertiary/aromatic N) is 3. The van der Waals surface area contributed by atoms with Gasteiger partial charge < -0.3 is 24.8 Å². The number of fused-ring (bicyclic) bond motifs is 3. The van der Waals surface area contributed by atoms with Crippen molar-refractivity contribution in [2.75, 3.05) is 39.1 Å². The normalized spacial score (nSPS) is 22.0. The number of hydrogen-bond acceptors (Lipinski definition) is 7. The molecule has 1 unspecified atom stereocenters. The van der Waals surface area contributed by atoms with Gasteiger partial charge in [0.1, 0.15) is 12.2 Å². The molecule has 1 aromatic carbocycles. The van der Waals surface area contributed by atoms with Crippen LogP contribution in [0.5, 0.6) is 11.5 Å². The summed E-state index contributed by atoms with van der Waals surface area (Å²) in [4.78, 5) is 23.8. The lowest BCUT2D eigenvalue weighted by Crippen LogP contribution is -2.51. The molecule has 1 atom stereocenters. The van der Waals surface area contributed by atoms with Crippen molar-refractivity contribution < 1.29 is 19.0 Å². The number of methoxy groups -OCH3 is 1. The fourth-order valence-corrected chi connectivity index (χ4v) is 4.86. The quantitative estimate of drug-likeness (QED) is 0.804. The molecule has 0 radical (unpaired) electrons. The van der Waals surface area contributed by atoms with E-state index < -0.39 is 5.60 Å². The minimum atomic E-state index is -0.468. The number of nitrogens with two attached hydrogens (primary N) is 1. The van der Waals surface area contributed by atoms with Crippen molar-refractivity contribution in [3.63, 3.8) is 0 Å². The van der Waals surface area contributed by atoms with Gasteiger partial charge in [-0.2, -0.15) is 0 Å². The van der Waals surface area contributed by atoms with E-state index >= 15 is 0 Å². The predicted molar refractivity (Wildman–Crippen MR) is 109 cm³/mol. The van der Waals surface area contributed by atoms with Crippen molar-refractivity contribution in [1.82, 2.24) is 14.9 Å². The Kier molecular flexibility index (Phi) is 4.73. The predicted octanol–water partition coefficient (Wildman–Crippen LogP) is 1.71. The van der Waals surface area contributed by atoms with Crippen molar-refractivity contribution in [1.29, 1.82) is 0 Å². The van der Waals surface area contributed by atoms with Crippen LogP contribution in [0.1, 0.15) is 29.7 Å². The summed E-state index contributed by atoms with van der Waals surface area (Å²) in [6, 6.07) is 5.81. The van der Waals surface area contributed by atoms with E-state index in [1.54, 1.807) is 7.11 Å². The molecule has 1 aromatic heterocycles. The Bertz CT molecular complexity index is 972. The fraction of sp³-hybridized carbons (Fsp3) is 0.500. The van der Waals surface area contributed by atoms with Gasteiger partial charge in [-0.25, -0.2) is 9.97 Å². The lowest BCUT2D eigenvalue weighted by Gasteiger charge is -2.44. The number of amides is 1. The lowest BCUT2D eigenvalue weighted by atomic mass is 9.82. The van der Waals surface area contributed by atoms with E-state index in [-0.39, 0.29) is 17.8 Å². The van der Waals surface area contributed by atoms with Crippen LogP contribution in [0, 0.1) is 5.92 Å². The minimum Gasteiger partial charge on any atom is -0.493 e. The number of carbonyl (C=O) groups excluding carboxylic acids is 1. The maximum Gasteiger partial charge on any atom is 0.229 e. The Balaban J connectivity index is 1.29. The number of hydrogen-bond donors (Lipinski definition) is 1. The third-order valence-corrected chi connectivity index (χ3v) is 6.47. The van der Waals surface area contributed by atoms with Gasteiger partial charge in [-0.3, -0.25) is 4.79 Å². The zero-order chi connectivity index (χ0) is 20.7. The number of benzene rings is 1. The number of anilines is 1. The molecule has 3 aliphatic heterocycles. The number of rotatable bonds is 2. The Morgan fingerprint density at radius 2 is 2.13 bits per heavy atom. The average molecular weight is 410 g/mol. The minimum absolute atomic E-state index is 0.136. The van der Waals surface area contributed by atoms with Crippen molar-refractivity contribution in [3.8, 4) is 11.5 Å². The van der Waals surface area contributed by atoms with E-state index in [4.69, 9.17) is 19.9 Å². The molecule has 1 saturated heterocycles. The number of para-hydroxylation sites is 1. The van der Waals surface area contributed by atoms with E-state index in [0.717, 1.165) is 29.0 Å². The highest BCUT2D eigenvalue weighted by molar-refractivity contribution is 5.80. The molecule has 1 amide bonds. The van der Waals surface area contributed by atoms with E-state index in [9.17, 15) is 4.79 Å². The van der Waals surface area contributed by atoms with Gasteiger partial charge in [0.15, 0.2) is 11.5 Å². The van der Waals surface area contributed by atoms with Crippen LogP contribution in [-0.4, -0.2) is 54.2 Å². The molecule has 0 saturated carbocycles. The zero-order valence-electron chi connectivity index (χ0n) is 17.1. The summed E-state index contributed by atoms with van der Waals surface area (Å²) in [5.74, 6) is 1.69. The van der Waals surface area contributed by atoms with Crippen LogP contribution in [0.3, 0.4) is 0 Å². The Hall–Kier alpha value is -2.87. The molecule has 0 bridgehead atoms. The van der Waals surface area contributed by atoms with Crippen LogP contribution < -0.4 is 15.2 Å². The number of ether oxygens (including phenoxy) is 3. The SMILES string of the molecule is COc1cccc2c1OCC(C(=O)N1CCC3(CC1)OCCc1cnc(N)nc13)C2. The van der Waals surface area contributed by atoms with Gasteiger partial charge in [0, 0.05) is 19.3 Å². The second-order valence-electron chi connectivity index (χ2n) is 8.18. The fourth-order valence-electron chi connectivity index (χ4n) is 4.86. The molecule has 1 fully saturated rings. The van der Waals surface area contributed by atoms with Gasteiger partial charge in [-0.05, 0) is 42.9 Å². The van der Waals surface area contributed by atoms with Crippen LogP contribution in [0.25, 0.3) is 0 Å². The van der Waals surface area contributed by atoms with Crippen LogP contribution in [0.2, 0.25) is 0 Å². The molecule has 8 nitrogen and oxygen atoms in total. The Labute approximate surface area is 175 Å². The molecule has 8 heteroatoms. The Morgan fingerprint density at radius 1 is 1.30 bits per heavy atom. The molecule has 158 valence electrons. The molecule has 2 aromatic rings. The van der Waals surface area contributed by atoms with Gasteiger partial charge in [0.05, 0.1) is 25.3 Å². The summed E-state index contributed by atoms with van der Waals surface area (Å²) in [6.07, 6.45) is 4.68. The maximum absolute atomic E-state index is 13.2. The van der Waals surface area contributed by atoms with Crippen molar-refractivity contribution >= 4 is 11.9 Å². The third-order valence-electron chi connectivity index (χ3n) is 6.47. The Morgan fingerprint density at radius 3 is 2.93 bits per heavy atom. The van der Waals surface area contributed by atoms with Crippen LogP contribution in [-0.2, 0) is 28.0 Å². The van der Waals surface area contributed by atoms with Gasteiger partial charge in [-0.15, -0.1) is 0 Å². The summed E-state index contributed by atoms with van der Waals surface area (Å²) in [6.45, 7) is 2.27. The van der Waals surface area contributed by atoms with Crippen molar-refractivity contribution in [3.05, 3.63) is 41.2 Å². The summed E-state index contributed by atoms with van der Waals surface area (Å²) < 4.78 is 17.5.